The lowest BCUT2D eigenvalue weighted by Gasteiger charge is -2.19. The minimum atomic E-state index is -0.641. The third kappa shape index (κ3) is 3.47. The standard InChI is InChI=1S/C16H17NO3.ClH/c17-16(13(18)8-11-4-2-1-3-5-11)12-6-7-14-15(9-12)20-10-19-14;/h1-7,9,13,16,18H,8,10,17H2;1H/t13-,16+;/m1./s1. The Morgan fingerprint density at radius 1 is 1.05 bits per heavy atom. The van der Waals surface area contributed by atoms with E-state index >= 15 is 0 Å². The predicted octanol–water partition coefficient (Wildman–Crippen LogP) is 2.44. The van der Waals surface area contributed by atoms with Gasteiger partial charge in [-0.15, -0.1) is 12.4 Å². The van der Waals surface area contributed by atoms with Crippen LogP contribution in [0.3, 0.4) is 0 Å². The van der Waals surface area contributed by atoms with Gasteiger partial charge in [0.05, 0.1) is 12.1 Å². The lowest BCUT2D eigenvalue weighted by molar-refractivity contribution is 0.145. The van der Waals surface area contributed by atoms with Crippen molar-refractivity contribution in [3.05, 3.63) is 59.7 Å². The van der Waals surface area contributed by atoms with Gasteiger partial charge in [0.1, 0.15) is 0 Å². The summed E-state index contributed by atoms with van der Waals surface area (Å²) in [5.74, 6) is 1.41. The smallest absolute Gasteiger partial charge is 0.231 e. The summed E-state index contributed by atoms with van der Waals surface area (Å²) >= 11 is 0. The first-order valence-corrected chi connectivity index (χ1v) is 6.61. The topological polar surface area (TPSA) is 64.7 Å². The van der Waals surface area contributed by atoms with E-state index in [1.165, 1.54) is 0 Å². The zero-order valence-electron chi connectivity index (χ0n) is 11.4. The summed E-state index contributed by atoms with van der Waals surface area (Å²) in [4.78, 5) is 0. The van der Waals surface area contributed by atoms with Crippen molar-refractivity contribution in [2.24, 2.45) is 5.73 Å². The Labute approximate surface area is 129 Å². The van der Waals surface area contributed by atoms with Crippen molar-refractivity contribution in [3.8, 4) is 11.5 Å². The van der Waals surface area contributed by atoms with Crippen LogP contribution < -0.4 is 15.2 Å². The van der Waals surface area contributed by atoms with Crippen molar-refractivity contribution in [2.45, 2.75) is 18.6 Å². The number of aliphatic hydroxyl groups excluding tert-OH is 1. The van der Waals surface area contributed by atoms with E-state index < -0.39 is 12.1 Å². The first-order valence-electron chi connectivity index (χ1n) is 6.61. The number of benzene rings is 2. The quantitative estimate of drug-likeness (QED) is 0.910. The fourth-order valence-corrected chi connectivity index (χ4v) is 2.33. The van der Waals surface area contributed by atoms with Gasteiger partial charge in [-0.05, 0) is 23.3 Å². The molecular formula is C16H18ClNO3. The first-order chi connectivity index (χ1) is 9.74. The van der Waals surface area contributed by atoms with Crippen LogP contribution in [0, 0.1) is 0 Å². The second-order valence-corrected chi connectivity index (χ2v) is 4.90. The number of hydrogen-bond donors (Lipinski definition) is 2. The van der Waals surface area contributed by atoms with E-state index in [0.717, 1.165) is 16.9 Å². The maximum atomic E-state index is 10.3. The molecule has 5 heteroatoms. The Morgan fingerprint density at radius 3 is 2.52 bits per heavy atom. The maximum absolute atomic E-state index is 10.3. The highest BCUT2D eigenvalue weighted by molar-refractivity contribution is 5.85. The van der Waals surface area contributed by atoms with Gasteiger partial charge in [-0.25, -0.2) is 0 Å². The Kier molecular flexibility index (Phi) is 5.07. The van der Waals surface area contributed by atoms with E-state index in [0.29, 0.717) is 12.2 Å². The summed E-state index contributed by atoms with van der Waals surface area (Å²) in [7, 11) is 0. The van der Waals surface area contributed by atoms with Crippen molar-refractivity contribution < 1.29 is 14.6 Å². The van der Waals surface area contributed by atoms with Gasteiger partial charge in [0.25, 0.3) is 0 Å². The van der Waals surface area contributed by atoms with Crippen LogP contribution >= 0.6 is 12.4 Å². The fourth-order valence-electron chi connectivity index (χ4n) is 2.33. The van der Waals surface area contributed by atoms with E-state index in [4.69, 9.17) is 15.2 Å². The molecule has 1 aliphatic heterocycles. The van der Waals surface area contributed by atoms with Crippen molar-refractivity contribution in [2.75, 3.05) is 6.79 Å². The second kappa shape index (κ2) is 6.80. The van der Waals surface area contributed by atoms with Crippen LogP contribution in [-0.2, 0) is 6.42 Å². The molecule has 3 rings (SSSR count). The van der Waals surface area contributed by atoms with Crippen molar-refractivity contribution >= 4 is 12.4 Å². The summed E-state index contributed by atoms with van der Waals surface area (Å²) < 4.78 is 10.6. The highest BCUT2D eigenvalue weighted by Gasteiger charge is 2.21. The molecule has 2 aromatic carbocycles. The lowest BCUT2D eigenvalue weighted by Crippen LogP contribution is -2.28. The van der Waals surface area contributed by atoms with E-state index in [1.807, 2.05) is 48.5 Å². The largest absolute Gasteiger partial charge is 0.454 e. The van der Waals surface area contributed by atoms with E-state index in [9.17, 15) is 5.11 Å². The number of ether oxygens (including phenoxy) is 2. The average Bonchev–Trinajstić information content (AvgIpc) is 2.94. The molecule has 1 heterocycles. The highest BCUT2D eigenvalue weighted by Crippen LogP contribution is 2.34. The molecule has 1 aliphatic rings. The second-order valence-electron chi connectivity index (χ2n) is 4.90. The molecule has 2 atom stereocenters. The molecule has 0 unspecified atom stereocenters. The lowest BCUT2D eigenvalue weighted by atomic mass is 9.96. The molecule has 0 aliphatic carbocycles. The number of aliphatic hydroxyl groups is 1. The molecule has 0 aromatic heterocycles. The van der Waals surface area contributed by atoms with Crippen LogP contribution in [0.5, 0.6) is 11.5 Å². The highest BCUT2D eigenvalue weighted by atomic mass is 35.5. The van der Waals surface area contributed by atoms with E-state index in [2.05, 4.69) is 0 Å². The molecule has 4 nitrogen and oxygen atoms in total. The van der Waals surface area contributed by atoms with Gasteiger partial charge in [0.2, 0.25) is 6.79 Å². The van der Waals surface area contributed by atoms with Gasteiger partial charge in [0.15, 0.2) is 11.5 Å². The third-order valence-corrected chi connectivity index (χ3v) is 3.48. The summed E-state index contributed by atoms with van der Waals surface area (Å²) in [6, 6.07) is 14.9. The van der Waals surface area contributed by atoms with Crippen molar-refractivity contribution in [1.29, 1.82) is 0 Å². The summed E-state index contributed by atoms with van der Waals surface area (Å²) in [5.41, 5.74) is 8.05. The summed E-state index contributed by atoms with van der Waals surface area (Å²) in [6.07, 6.45) is -0.117. The van der Waals surface area contributed by atoms with Crippen LogP contribution in [0.1, 0.15) is 17.2 Å². The van der Waals surface area contributed by atoms with Crippen LogP contribution in [-0.4, -0.2) is 18.0 Å². The first kappa shape index (κ1) is 15.6. The number of halogens is 1. The zero-order chi connectivity index (χ0) is 13.9. The maximum Gasteiger partial charge on any atom is 0.231 e. The van der Waals surface area contributed by atoms with Gasteiger partial charge >= 0.3 is 0 Å². The third-order valence-electron chi connectivity index (χ3n) is 3.48. The average molecular weight is 308 g/mol. The van der Waals surface area contributed by atoms with Gasteiger partial charge in [-0.3, -0.25) is 0 Å². The Balaban J connectivity index is 0.00000161. The molecule has 0 radical (unpaired) electrons. The van der Waals surface area contributed by atoms with Gasteiger partial charge in [-0.2, -0.15) is 0 Å². The molecule has 0 fully saturated rings. The van der Waals surface area contributed by atoms with Gasteiger partial charge in [-0.1, -0.05) is 36.4 Å². The van der Waals surface area contributed by atoms with Gasteiger partial charge in [0, 0.05) is 6.42 Å². The SMILES string of the molecule is Cl.N[C@@H](c1ccc2c(c1)OCO2)[C@H](O)Cc1ccccc1. The Morgan fingerprint density at radius 2 is 1.76 bits per heavy atom. The van der Waals surface area contributed by atoms with Crippen molar-refractivity contribution in [3.63, 3.8) is 0 Å². The van der Waals surface area contributed by atoms with Crippen molar-refractivity contribution in [1.82, 2.24) is 0 Å². The number of nitrogens with two attached hydrogens (primary N) is 1. The predicted molar refractivity (Wildman–Crippen MR) is 82.9 cm³/mol. The molecule has 0 amide bonds. The molecule has 0 saturated heterocycles. The Hall–Kier alpha value is -1.75. The van der Waals surface area contributed by atoms with Crippen LogP contribution in [0.2, 0.25) is 0 Å². The molecule has 2 aromatic rings. The number of rotatable bonds is 4. The molecule has 112 valence electrons. The molecular weight excluding hydrogens is 290 g/mol. The minimum Gasteiger partial charge on any atom is -0.454 e. The van der Waals surface area contributed by atoms with E-state index in [-0.39, 0.29) is 19.2 Å². The molecule has 0 bridgehead atoms. The normalized spacial score (nSPS) is 15.1. The number of hydrogen-bond acceptors (Lipinski definition) is 4. The van der Waals surface area contributed by atoms with Crippen LogP contribution in [0.25, 0.3) is 0 Å². The molecule has 21 heavy (non-hydrogen) atoms. The minimum absolute atomic E-state index is 0. The number of fused-ring (bicyclic) bond motifs is 1. The zero-order valence-corrected chi connectivity index (χ0v) is 12.3. The van der Waals surface area contributed by atoms with Crippen LogP contribution in [0.15, 0.2) is 48.5 Å². The molecule has 0 spiro atoms. The molecule has 0 saturated carbocycles. The molecule has 3 N–H and O–H groups in total. The van der Waals surface area contributed by atoms with E-state index in [1.54, 1.807) is 0 Å². The summed E-state index contributed by atoms with van der Waals surface area (Å²) in [6.45, 7) is 0.237. The fraction of sp³-hybridized carbons (Fsp3) is 0.250. The van der Waals surface area contributed by atoms with Crippen LogP contribution in [0.4, 0.5) is 0 Å². The monoisotopic (exact) mass is 307 g/mol. The Bertz CT molecular complexity index is 591. The summed E-state index contributed by atoms with van der Waals surface area (Å²) in [5, 5.41) is 10.3. The van der Waals surface area contributed by atoms with Gasteiger partial charge < -0.3 is 20.3 Å².